The van der Waals surface area contributed by atoms with Gasteiger partial charge in [0.15, 0.2) is 5.75 Å². The molecule has 3 rings (SSSR count). The van der Waals surface area contributed by atoms with E-state index in [9.17, 15) is 23.3 Å². The summed E-state index contributed by atoms with van der Waals surface area (Å²) in [5, 5.41) is 11.8. The van der Waals surface area contributed by atoms with E-state index in [-0.39, 0.29) is 29.6 Å². The van der Waals surface area contributed by atoms with E-state index in [4.69, 9.17) is 4.74 Å². The van der Waals surface area contributed by atoms with Gasteiger partial charge in [-0.3, -0.25) is 14.9 Å². The molecule has 0 radical (unpaired) electrons. The zero-order valence-corrected chi connectivity index (χ0v) is 19.0. The summed E-state index contributed by atoms with van der Waals surface area (Å²) in [7, 11) is -3.89. The number of amides is 1. The number of ether oxygens (including phenoxy) is 1. The van der Waals surface area contributed by atoms with Crippen molar-refractivity contribution >= 4 is 21.6 Å². The van der Waals surface area contributed by atoms with Gasteiger partial charge in [0, 0.05) is 37.8 Å². The van der Waals surface area contributed by atoms with Crippen LogP contribution in [0.1, 0.15) is 38.4 Å². The van der Waals surface area contributed by atoms with Gasteiger partial charge in [-0.15, -0.1) is 0 Å². The molecule has 0 aromatic heterocycles. The second-order valence-corrected chi connectivity index (χ2v) is 9.35. The molecule has 0 saturated carbocycles. The zero-order chi connectivity index (χ0) is 23.3. The molecule has 0 N–H and O–H groups in total. The zero-order valence-electron chi connectivity index (χ0n) is 18.1. The summed E-state index contributed by atoms with van der Waals surface area (Å²) < 4.78 is 32.7. The van der Waals surface area contributed by atoms with Crippen LogP contribution in [0.25, 0.3) is 0 Å². The van der Waals surface area contributed by atoms with Crippen molar-refractivity contribution in [1.29, 1.82) is 0 Å². The lowest BCUT2D eigenvalue weighted by atomic mass is 10.1. The van der Waals surface area contributed by atoms with Crippen LogP contribution < -0.4 is 4.74 Å². The molecule has 10 heteroatoms. The number of benzene rings is 2. The number of hydrogen-bond donors (Lipinski definition) is 0. The average molecular weight is 462 g/mol. The molecule has 1 atom stereocenters. The first-order valence-corrected chi connectivity index (χ1v) is 12.0. The maximum Gasteiger partial charge on any atom is 0.312 e. The van der Waals surface area contributed by atoms with Crippen molar-refractivity contribution in [3.05, 3.63) is 64.2 Å². The van der Waals surface area contributed by atoms with Crippen molar-refractivity contribution in [3.8, 4) is 5.75 Å². The third-order valence-electron chi connectivity index (χ3n) is 5.46. The van der Waals surface area contributed by atoms with Crippen LogP contribution in [0, 0.1) is 10.1 Å². The quantitative estimate of drug-likeness (QED) is 0.418. The van der Waals surface area contributed by atoms with Crippen LogP contribution in [0.2, 0.25) is 0 Å². The number of hydrogen-bond acceptors (Lipinski definition) is 6. The first kappa shape index (κ1) is 23.7. The van der Waals surface area contributed by atoms with Gasteiger partial charge in [0.25, 0.3) is 5.91 Å². The van der Waals surface area contributed by atoms with E-state index in [0.29, 0.717) is 18.7 Å². The van der Waals surface area contributed by atoms with E-state index in [1.807, 2.05) is 0 Å². The molecule has 2 aromatic rings. The molecular formula is C22H27N3O6S. The van der Waals surface area contributed by atoms with Crippen LogP contribution in [-0.4, -0.2) is 54.6 Å². The summed E-state index contributed by atoms with van der Waals surface area (Å²) >= 11 is 0. The molecule has 1 aliphatic heterocycles. The molecule has 0 spiro atoms. The summed E-state index contributed by atoms with van der Waals surface area (Å²) in [4.78, 5) is 25.7. The molecule has 1 amide bonds. The van der Waals surface area contributed by atoms with E-state index in [2.05, 4.69) is 0 Å². The van der Waals surface area contributed by atoms with Crippen LogP contribution in [0.3, 0.4) is 0 Å². The molecule has 172 valence electrons. The summed E-state index contributed by atoms with van der Waals surface area (Å²) in [5.74, 6) is -0.433. The largest absolute Gasteiger partial charge is 0.469 e. The van der Waals surface area contributed by atoms with Gasteiger partial charge in [0.2, 0.25) is 16.1 Å². The Morgan fingerprint density at radius 1 is 1.12 bits per heavy atom. The van der Waals surface area contributed by atoms with Crippen LogP contribution >= 0.6 is 0 Å². The van der Waals surface area contributed by atoms with E-state index in [0.717, 1.165) is 18.9 Å². The SMILES string of the molecule is CCN(CC)S(=O)(=O)c1ccc(O[C@H](C(=O)N2CCCC2)c2ccccc2)c([N+](=O)[O-])c1. The number of nitrogens with zero attached hydrogens (tertiary/aromatic N) is 3. The fourth-order valence-corrected chi connectivity index (χ4v) is 5.21. The van der Waals surface area contributed by atoms with E-state index in [1.54, 1.807) is 49.1 Å². The van der Waals surface area contributed by atoms with Crippen molar-refractivity contribution in [2.45, 2.75) is 37.7 Å². The highest BCUT2D eigenvalue weighted by atomic mass is 32.2. The highest BCUT2D eigenvalue weighted by Crippen LogP contribution is 2.35. The van der Waals surface area contributed by atoms with Gasteiger partial charge in [-0.25, -0.2) is 8.42 Å². The van der Waals surface area contributed by atoms with E-state index < -0.39 is 26.7 Å². The Hall–Kier alpha value is -2.98. The molecule has 0 unspecified atom stereocenters. The fraction of sp³-hybridized carbons (Fsp3) is 0.409. The van der Waals surface area contributed by atoms with Gasteiger partial charge in [0.1, 0.15) is 0 Å². The first-order chi connectivity index (χ1) is 15.3. The van der Waals surface area contributed by atoms with E-state index >= 15 is 0 Å². The highest BCUT2D eigenvalue weighted by molar-refractivity contribution is 7.89. The molecule has 1 heterocycles. The summed E-state index contributed by atoms with van der Waals surface area (Å²) in [6.07, 6.45) is 0.717. The number of rotatable bonds is 9. The molecule has 0 aliphatic carbocycles. The fourth-order valence-electron chi connectivity index (χ4n) is 3.73. The Morgan fingerprint density at radius 3 is 2.31 bits per heavy atom. The minimum Gasteiger partial charge on any atom is -0.469 e. The number of likely N-dealkylation sites (tertiary alicyclic amines) is 1. The second kappa shape index (κ2) is 10.1. The predicted molar refractivity (Wildman–Crippen MR) is 119 cm³/mol. The van der Waals surface area contributed by atoms with Crippen molar-refractivity contribution in [3.63, 3.8) is 0 Å². The van der Waals surface area contributed by atoms with E-state index in [1.165, 1.54) is 16.4 Å². The number of carbonyl (C=O) groups excluding carboxylic acids is 1. The summed E-state index contributed by atoms with van der Waals surface area (Å²) in [6, 6.07) is 12.3. The smallest absolute Gasteiger partial charge is 0.312 e. The van der Waals surface area contributed by atoms with Crippen molar-refractivity contribution in [2.24, 2.45) is 0 Å². The van der Waals surface area contributed by atoms with Gasteiger partial charge in [-0.1, -0.05) is 44.2 Å². The minimum absolute atomic E-state index is 0.158. The normalized spacial score (nSPS) is 15.0. The Kier molecular flexibility index (Phi) is 7.47. The Balaban J connectivity index is 2.01. The van der Waals surface area contributed by atoms with Crippen LogP contribution in [0.4, 0.5) is 5.69 Å². The number of nitro groups is 1. The van der Waals surface area contributed by atoms with Crippen molar-refractivity contribution in [1.82, 2.24) is 9.21 Å². The third kappa shape index (κ3) is 4.91. The van der Waals surface area contributed by atoms with Crippen molar-refractivity contribution in [2.75, 3.05) is 26.2 Å². The summed E-state index contributed by atoms with van der Waals surface area (Å²) in [5.41, 5.74) is 0.0620. The lowest BCUT2D eigenvalue weighted by molar-refractivity contribution is -0.386. The van der Waals surface area contributed by atoms with Gasteiger partial charge >= 0.3 is 5.69 Å². The molecule has 32 heavy (non-hydrogen) atoms. The lowest BCUT2D eigenvalue weighted by Crippen LogP contribution is -2.35. The highest BCUT2D eigenvalue weighted by Gasteiger charge is 2.32. The molecule has 1 aliphatic rings. The van der Waals surface area contributed by atoms with Gasteiger partial charge in [0.05, 0.1) is 9.82 Å². The monoisotopic (exact) mass is 461 g/mol. The lowest BCUT2D eigenvalue weighted by Gasteiger charge is -2.24. The first-order valence-electron chi connectivity index (χ1n) is 10.6. The Labute approximate surface area is 187 Å². The number of nitro benzene ring substituents is 1. The standard InChI is InChI=1S/C22H27N3O6S/c1-3-24(4-2)32(29,30)18-12-13-20(19(16-18)25(27)28)31-21(17-10-6-5-7-11-17)22(26)23-14-8-9-15-23/h5-7,10-13,16,21H,3-4,8-9,14-15H2,1-2H3/t21-/m0/s1. The average Bonchev–Trinajstić information content (AvgIpc) is 3.33. The Morgan fingerprint density at radius 2 is 1.75 bits per heavy atom. The van der Waals surface area contributed by atoms with Gasteiger partial charge < -0.3 is 9.64 Å². The predicted octanol–water partition coefficient (Wildman–Crippen LogP) is 3.37. The molecule has 9 nitrogen and oxygen atoms in total. The molecular weight excluding hydrogens is 434 g/mol. The topological polar surface area (TPSA) is 110 Å². The molecule has 2 aromatic carbocycles. The molecule has 0 bridgehead atoms. The van der Waals surface area contributed by atoms with Crippen LogP contribution in [-0.2, 0) is 14.8 Å². The van der Waals surface area contributed by atoms with Crippen LogP contribution in [0.5, 0.6) is 5.75 Å². The number of carbonyl (C=O) groups is 1. The maximum absolute atomic E-state index is 13.2. The molecule has 1 saturated heterocycles. The third-order valence-corrected chi connectivity index (χ3v) is 7.51. The van der Waals surface area contributed by atoms with Gasteiger partial charge in [-0.05, 0) is 25.0 Å². The molecule has 1 fully saturated rings. The second-order valence-electron chi connectivity index (χ2n) is 7.42. The number of sulfonamides is 1. The summed E-state index contributed by atoms with van der Waals surface area (Å²) in [6.45, 7) is 5.09. The minimum atomic E-state index is -3.89. The van der Waals surface area contributed by atoms with Gasteiger partial charge in [-0.2, -0.15) is 4.31 Å². The van der Waals surface area contributed by atoms with Crippen LogP contribution in [0.15, 0.2) is 53.4 Å². The Bertz CT molecular complexity index is 1060. The maximum atomic E-state index is 13.2. The van der Waals surface area contributed by atoms with Crippen molar-refractivity contribution < 1.29 is 22.9 Å².